The van der Waals surface area contributed by atoms with Crippen LogP contribution in [0, 0.1) is 0 Å². The summed E-state index contributed by atoms with van der Waals surface area (Å²) >= 11 is 1.83. The molecule has 0 radical (unpaired) electrons. The van der Waals surface area contributed by atoms with Crippen LogP contribution < -0.4 is 0 Å². The number of hydrogen-bond acceptors (Lipinski definition) is 4. The van der Waals surface area contributed by atoms with Crippen LogP contribution in [0.1, 0.15) is 29.3 Å². The van der Waals surface area contributed by atoms with Gasteiger partial charge in [0, 0.05) is 40.8 Å². The monoisotopic (exact) mass is 310 g/mol. The first-order chi connectivity index (χ1) is 10.8. The molecule has 1 unspecified atom stereocenters. The van der Waals surface area contributed by atoms with E-state index < -0.39 is 0 Å². The summed E-state index contributed by atoms with van der Waals surface area (Å²) < 4.78 is 0. The smallest absolute Gasteiger partial charge is 0.120 e. The molecule has 4 rings (SSSR count). The molecule has 3 nitrogen and oxygen atoms in total. The first-order valence-corrected chi connectivity index (χ1v) is 8.53. The van der Waals surface area contributed by atoms with E-state index in [1.165, 1.54) is 17.7 Å². The van der Waals surface area contributed by atoms with Crippen LogP contribution in [0.3, 0.4) is 0 Å². The molecule has 3 aromatic rings. The number of phenolic OH excluding ortho intramolecular Hbond substituents is 1. The fourth-order valence-electron chi connectivity index (χ4n) is 3.40. The molecule has 4 heteroatoms. The van der Waals surface area contributed by atoms with Crippen molar-refractivity contribution < 1.29 is 5.11 Å². The lowest BCUT2D eigenvalue weighted by molar-refractivity contribution is 0.249. The Labute approximate surface area is 133 Å². The van der Waals surface area contributed by atoms with Gasteiger partial charge in [0.05, 0.1) is 0 Å². The molecule has 1 atom stereocenters. The summed E-state index contributed by atoms with van der Waals surface area (Å²) in [7, 11) is 0. The van der Waals surface area contributed by atoms with Gasteiger partial charge in [0.15, 0.2) is 0 Å². The first kappa shape index (κ1) is 13.7. The number of nitrogens with zero attached hydrogens (tertiary/aromatic N) is 2. The third-order valence-electron chi connectivity index (χ3n) is 4.51. The van der Waals surface area contributed by atoms with Crippen molar-refractivity contribution in [1.82, 2.24) is 9.88 Å². The van der Waals surface area contributed by atoms with Crippen molar-refractivity contribution in [1.29, 1.82) is 0 Å². The zero-order valence-corrected chi connectivity index (χ0v) is 13.1. The van der Waals surface area contributed by atoms with E-state index in [0.717, 1.165) is 29.4 Å². The Balaban J connectivity index is 1.70. The number of pyridine rings is 1. The van der Waals surface area contributed by atoms with E-state index in [0.29, 0.717) is 11.8 Å². The van der Waals surface area contributed by atoms with E-state index in [1.807, 2.05) is 29.7 Å². The van der Waals surface area contributed by atoms with Crippen molar-refractivity contribution in [3.05, 3.63) is 58.5 Å². The van der Waals surface area contributed by atoms with Crippen LogP contribution in [0.2, 0.25) is 0 Å². The van der Waals surface area contributed by atoms with Crippen LogP contribution in [0.15, 0.2) is 48.1 Å². The second-order valence-electron chi connectivity index (χ2n) is 5.80. The highest BCUT2D eigenvalue weighted by molar-refractivity contribution is 7.10. The molecule has 1 aliphatic heterocycles. The van der Waals surface area contributed by atoms with E-state index in [-0.39, 0.29) is 0 Å². The molecule has 0 bridgehead atoms. The number of benzene rings is 1. The summed E-state index contributed by atoms with van der Waals surface area (Å²) in [5, 5.41) is 14.7. The standard InChI is InChI=1S/C18H18N2OS/c21-17-6-5-13-7-8-19-11-14(13)15(17)12-20-9-1-3-16(20)18-4-2-10-22-18/h2,4-8,10-11,16,21H,1,3,9,12H2. The summed E-state index contributed by atoms with van der Waals surface area (Å²) in [5.41, 5.74) is 0.994. The number of likely N-dealkylation sites (tertiary alicyclic amines) is 1. The van der Waals surface area contributed by atoms with Gasteiger partial charge < -0.3 is 5.11 Å². The van der Waals surface area contributed by atoms with Crippen molar-refractivity contribution in [3.8, 4) is 5.75 Å². The largest absolute Gasteiger partial charge is 0.508 e. The van der Waals surface area contributed by atoms with Gasteiger partial charge in [0.1, 0.15) is 5.75 Å². The van der Waals surface area contributed by atoms with Crippen LogP contribution in [0.25, 0.3) is 10.8 Å². The number of phenols is 1. The Morgan fingerprint density at radius 2 is 2.23 bits per heavy atom. The predicted octanol–water partition coefficient (Wildman–Crippen LogP) is 4.34. The molecule has 0 spiro atoms. The summed E-state index contributed by atoms with van der Waals surface area (Å²) in [4.78, 5) is 8.14. The molecule has 1 saturated heterocycles. The zero-order valence-electron chi connectivity index (χ0n) is 12.3. The third kappa shape index (κ3) is 2.38. The summed E-state index contributed by atoms with van der Waals surface area (Å²) in [6.07, 6.45) is 6.07. The molecule has 22 heavy (non-hydrogen) atoms. The molecule has 1 N–H and O–H groups in total. The Morgan fingerprint density at radius 1 is 1.27 bits per heavy atom. The molecule has 112 valence electrons. The van der Waals surface area contributed by atoms with E-state index in [1.54, 1.807) is 12.3 Å². The fourth-order valence-corrected chi connectivity index (χ4v) is 4.29. The molecule has 0 aliphatic carbocycles. The van der Waals surface area contributed by atoms with Crippen LogP contribution in [0.4, 0.5) is 0 Å². The lowest BCUT2D eigenvalue weighted by Crippen LogP contribution is -2.22. The number of fused-ring (bicyclic) bond motifs is 1. The van der Waals surface area contributed by atoms with Gasteiger partial charge in [-0.1, -0.05) is 12.1 Å². The number of hydrogen-bond donors (Lipinski definition) is 1. The van der Waals surface area contributed by atoms with E-state index in [9.17, 15) is 5.11 Å². The van der Waals surface area contributed by atoms with Gasteiger partial charge in [-0.3, -0.25) is 9.88 Å². The molecular weight excluding hydrogens is 292 g/mol. The van der Waals surface area contributed by atoms with Crippen LogP contribution in [-0.4, -0.2) is 21.5 Å². The molecular formula is C18H18N2OS. The fraction of sp³-hybridized carbons (Fsp3) is 0.278. The van der Waals surface area contributed by atoms with Gasteiger partial charge >= 0.3 is 0 Å². The Morgan fingerprint density at radius 3 is 3.09 bits per heavy atom. The van der Waals surface area contributed by atoms with Crippen molar-refractivity contribution in [3.63, 3.8) is 0 Å². The van der Waals surface area contributed by atoms with Crippen LogP contribution >= 0.6 is 11.3 Å². The molecule has 1 aromatic carbocycles. The van der Waals surface area contributed by atoms with Crippen molar-refractivity contribution in [2.24, 2.45) is 0 Å². The average Bonchev–Trinajstić information content (AvgIpc) is 3.21. The lowest BCUT2D eigenvalue weighted by atomic mass is 10.0. The van der Waals surface area contributed by atoms with E-state index in [4.69, 9.17) is 0 Å². The minimum atomic E-state index is 0.373. The van der Waals surface area contributed by atoms with E-state index >= 15 is 0 Å². The van der Waals surface area contributed by atoms with Gasteiger partial charge in [-0.2, -0.15) is 0 Å². The summed E-state index contributed by atoms with van der Waals surface area (Å²) in [6.45, 7) is 1.86. The number of aromatic hydroxyl groups is 1. The van der Waals surface area contributed by atoms with Gasteiger partial charge in [-0.15, -0.1) is 11.3 Å². The maximum Gasteiger partial charge on any atom is 0.120 e. The van der Waals surface area contributed by atoms with Crippen molar-refractivity contribution in [2.75, 3.05) is 6.54 Å². The molecule has 0 saturated carbocycles. The highest BCUT2D eigenvalue weighted by Crippen LogP contribution is 2.37. The predicted molar refractivity (Wildman–Crippen MR) is 90.1 cm³/mol. The van der Waals surface area contributed by atoms with Crippen LogP contribution in [-0.2, 0) is 6.54 Å². The second kappa shape index (κ2) is 5.71. The van der Waals surface area contributed by atoms with Crippen molar-refractivity contribution >= 4 is 22.1 Å². The quantitative estimate of drug-likeness (QED) is 0.782. The van der Waals surface area contributed by atoms with E-state index in [2.05, 4.69) is 27.4 Å². The minimum absolute atomic E-state index is 0.373. The van der Waals surface area contributed by atoms with Gasteiger partial charge in [-0.05, 0) is 48.4 Å². The van der Waals surface area contributed by atoms with Crippen molar-refractivity contribution in [2.45, 2.75) is 25.4 Å². The highest BCUT2D eigenvalue weighted by atomic mass is 32.1. The van der Waals surface area contributed by atoms with Crippen LogP contribution in [0.5, 0.6) is 5.75 Å². The summed E-state index contributed by atoms with van der Waals surface area (Å²) in [5.74, 6) is 0.373. The SMILES string of the molecule is Oc1ccc2ccncc2c1CN1CCCC1c1cccs1. The number of aromatic nitrogens is 1. The molecule has 3 heterocycles. The van der Waals surface area contributed by atoms with Gasteiger partial charge in [0.25, 0.3) is 0 Å². The molecule has 1 aliphatic rings. The normalized spacial score (nSPS) is 19.0. The Bertz CT molecular complexity index is 785. The summed E-state index contributed by atoms with van der Waals surface area (Å²) in [6, 6.07) is 10.6. The third-order valence-corrected chi connectivity index (χ3v) is 5.48. The minimum Gasteiger partial charge on any atom is -0.508 e. The topological polar surface area (TPSA) is 36.4 Å². The lowest BCUT2D eigenvalue weighted by Gasteiger charge is -2.24. The molecule has 2 aromatic heterocycles. The maximum atomic E-state index is 10.3. The number of rotatable bonds is 3. The maximum absolute atomic E-state index is 10.3. The molecule has 1 fully saturated rings. The number of thiophene rings is 1. The zero-order chi connectivity index (χ0) is 14.9. The Kier molecular flexibility index (Phi) is 3.56. The Hall–Kier alpha value is -1.91. The van der Waals surface area contributed by atoms with Gasteiger partial charge in [0.2, 0.25) is 0 Å². The average molecular weight is 310 g/mol. The molecule has 0 amide bonds. The first-order valence-electron chi connectivity index (χ1n) is 7.65. The van der Waals surface area contributed by atoms with Gasteiger partial charge in [-0.25, -0.2) is 0 Å². The second-order valence-corrected chi connectivity index (χ2v) is 6.78. The highest BCUT2D eigenvalue weighted by Gasteiger charge is 2.27.